The number of carbonyl (C=O) groups is 3. The van der Waals surface area contributed by atoms with Crippen molar-refractivity contribution in [2.45, 2.75) is 44.2 Å². The van der Waals surface area contributed by atoms with Crippen LogP contribution in [0.25, 0.3) is 11.1 Å². The molecule has 1 aliphatic rings. The third kappa shape index (κ3) is 5.51. The van der Waals surface area contributed by atoms with E-state index in [1.807, 2.05) is 48.5 Å². The first-order chi connectivity index (χ1) is 15.6. The van der Waals surface area contributed by atoms with E-state index in [2.05, 4.69) is 10.6 Å². The predicted molar refractivity (Wildman–Crippen MR) is 123 cm³/mol. The number of carboxylic acids is 1. The summed E-state index contributed by atoms with van der Waals surface area (Å²) in [5, 5.41) is 14.3. The summed E-state index contributed by atoms with van der Waals surface area (Å²) in [6.07, 6.45) is -1.03. The second-order valence-electron chi connectivity index (χ2n) is 9.12. The Bertz CT molecular complexity index is 1010. The molecule has 0 spiro atoms. The first kappa shape index (κ1) is 24.3. The summed E-state index contributed by atoms with van der Waals surface area (Å²) in [6, 6.07) is 16.0. The van der Waals surface area contributed by atoms with Gasteiger partial charge < -0.3 is 25.2 Å². The van der Waals surface area contributed by atoms with Crippen molar-refractivity contribution < 1.29 is 29.0 Å². The molecule has 1 aliphatic carbocycles. The van der Waals surface area contributed by atoms with Gasteiger partial charge in [0.25, 0.3) is 0 Å². The third-order valence-electron chi connectivity index (χ3n) is 5.70. The Labute approximate surface area is 193 Å². The van der Waals surface area contributed by atoms with Gasteiger partial charge in [0.1, 0.15) is 12.1 Å². The number of nitrogens with one attached hydrogen (secondary N) is 2. The van der Waals surface area contributed by atoms with Crippen LogP contribution in [0.1, 0.15) is 44.2 Å². The molecule has 0 aliphatic heterocycles. The Hall–Kier alpha value is -3.39. The van der Waals surface area contributed by atoms with Crippen LogP contribution in [0.3, 0.4) is 0 Å². The minimum atomic E-state index is -1.45. The second-order valence-corrected chi connectivity index (χ2v) is 9.12. The van der Waals surface area contributed by atoms with Crippen molar-refractivity contribution in [2.75, 3.05) is 20.3 Å². The van der Waals surface area contributed by atoms with Crippen molar-refractivity contribution >= 4 is 18.0 Å². The van der Waals surface area contributed by atoms with E-state index in [0.717, 1.165) is 22.3 Å². The maximum Gasteiger partial charge on any atom is 0.408 e. The fourth-order valence-electron chi connectivity index (χ4n) is 4.17. The van der Waals surface area contributed by atoms with Crippen LogP contribution < -0.4 is 10.6 Å². The molecule has 0 bridgehead atoms. The number of aliphatic carboxylic acids is 1. The van der Waals surface area contributed by atoms with Gasteiger partial charge in [-0.2, -0.15) is 0 Å². The van der Waals surface area contributed by atoms with E-state index in [1.165, 1.54) is 14.0 Å². The molecule has 0 fully saturated rings. The molecule has 2 amide bonds. The molecule has 0 radical (unpaired) electrons. The summed E-state index contributed by atoms with van der Waals surface area (Å²) in [5.74, 6) is -1.72. The van der Waals surface area contributed by atoms with Crippen molar-refractivity contribution in [1.29, 1.82) is 0 Å². The summed E-state index contributed by atoms with van der Waals surface area (Å²) in [7, 11) is 1.41. The van der Waals surface area contributed by atoms with Crippen molar-refractivity contribution in [3.63, 3.8) is 0 Å². The predicted octanol–water partition coefficient (Wildman–Crippen LogP) is 3.30. The van der Waals surface area contributed by atoms with Gasteiger partial charge in [-0.3, -0.25) is 9.59 Å². The smallest absolute Gasteiger partial charge is 0.408 e. The molecule has 0 heterocycles. The highest BCUT2D eigenvalue weighted by Crippen LogP contribution is 2.44. The lowest BCUT2D eigenvalue weighted by Gasteiger charge is -2.33. The van der Waals surface area contributed by atoms with Crippen LogP contribution in [0.15, 0.2) is 48.5 Å². The monoisotopic (exact) mass is 454 g/mol. The van der Waals surface area contributed by atoms with Crippen LogP contribution in [0.4, 0.5) is 4.79 Å². The van der Waals surface area contributed by atoms with Crippen molar-refractivity contribution in [2.24, 2.45) is 0 Å². The van der Waals surface area contributed by atoms with Gasteiger partial charge in [0.2, 0.25) is 5.91 Å². The largest absolute Gasteiger partial charge is 0.481 e. The minimum absolute atomic E-state index is 0.106. The van der Waals surface area contributed by atoms with Gasteiger partial charge in [-0.15, -0.1) is 0 Å². The molecular weight excluding hydrogens is 424 g/mol. The molecule has 1 unspecified atom stereocenters. The Morgan fingerprint density at radius 2 is 1.48 bits per heavy atom. The first-order valence-electron chi connectivity index (χ1n) is 10.7. The van der Waals surface area contributed by atoms with E-state index in [4.69, 9.17) is 14.6 Å². The van der Waals surface area contributed by atoms with Gasteiger partial charge in [-0.25, -0.2) is 4.79 Å². The van der Waals surface area contributed by atoms with Crippen LogP contribution in [-0.4, -0.2) is 54.5 Å². The summed E-state index contributed by atoms with van der Waals surface area (Å²) in [5.41, 5.74) is 1.94. The number of benzene rings is 2. The van der Waals surface area contributed by atoms with Crippen LogP contribution in [-0.2, 0) is 19.1 Å². The second kappa shape index (κ2) is 9.62. The van der Waals surface area contributed by atoms with E-state index in [9.17, 15) is 14.4 Å². The number of methoxy groups -OCH3 is 1. The van der Waals surface area contributed by atoms with E-state index in [0.29, 0.717) is 0 Å². The van der Waals surface area contributed by atoms with E-state index >= 15 is 0 Å². The van der Waals surface area contributed by atoms with Gasteiger partial charge in [0.15, 0.2) is 0 Å². The molecule has 0 aromatic heterocycles. The molecule has 33 heavy (non-hydrogen) atoms. The summed E-state index contributed by atoms with van der Waals surface area (Å²) in [4.78, 5) is 36.7. The molecule has 3 rings (SSSR count). The van der Waals surface area contributed by atoms with Crippen LogP contribution in [0.2, 0.25) is 0 Å². The van der Waals surface area contributed by atoms with Crippen molar-refractivity contribution in [3.05, 3.63) is 59.7 Å². The zero-order valence-corrected chi connectivity index (χ0v) is 19.3. The Kier molecular flexibility index (Phi) is 7.07. The van der Waals surface area contributed by atoms with Gasteiger partial charge in [0.05, 0.1) is 13.0 Å². The fraction of sp³-hybridized carbons (Fsp3) is 0.400. The number of hydrogen-bond acceptors (Lipinski definition) is 5. The van der Waals surface area contributed by atoms with Crippen LogP contribution >= 0.6 is 0 Å². The number of rotatable bonds is 9. The molecule has 0 saturated heterocycles. The van der Waals surface area contributed by atoms with E-state index < -0.39 is 29.0 Å². The topological polar surface area (TPSA) is 114 Å². The standard InChI is InChI=1S/C25H30N2O6/c1-24(2,13-21(28)29)26-22(30)25(3,15-32-4)27-23(31)33-14-20-18-11-7-5-9-16(18)17-10-6-8-12-19(17)20/h5-12,20H,13-15H2,1-4H3,(H,26,30)(H,27,31)(H,28,29). The molecule has 8 nitrogen and oxygen atoms in total. The van der Waals surface area contributed by atoms with Gasteiger partial charge in [-0.1, -0.05) is 48.5 Å². The highest BCUT2D eigenvalue weighted by Gasteiger charge is 2.39. The first-order valence-corrected chi connectivity index (χ1v) is 10.7. The molecule has 8 heteroatoms. The van der Waals surface area contributed by atoms with Crippen LogP contribution in [0.5, 0.6) is 0 Å². The average Bonchev–Trinajstić information content (AvgIpc) is 3.05. The fourth-order valence-corrected chi connectivity index (χ4v) is 4.17. The summed E-state index contributed by atoms with van der Waals surface area (Å²) < 4.78 is 10.7. The quantitative estimate of drug-likeness (QED) is 0.536. The Morgan fingerprint density at radius 3 is 2.00 bits per heavy atom. The summed E-state index contributed by atoms with van der Waals surface area (Å²) >= 11 is 0. The van der Waals surface area contributed by atoms with E-state index in [-0.39, 0.29) is 25.6 Å². The molecule has 176 valence electrons. The van der Waals surface area contributed by atoms with Gasteiger partial charge in [-0.05, 0) is 43.0 Å². The lowest BCUT2D eigenvalue weighted by Crippen LogP contribution is -2.63. The molecule has 2 aromatic carbocycles. The number of hydrogen-bond donors (Lipinski definition) is 3. The van der Waals surface area contributed by atoms with Gasteiger partial charge >= 0.3 is 12.1 Å². The maximum atomic E-state index is 12.9. The highest BCUT2D eigenvalue weighted by molar-refractivity contribution is 5.90. The van der Waals surface area contributed by atoms with Gasteiger partial charge in [0, 0.05) is 18.6 Å². The van der Waals surface area contributed by atoms with Crippen LogP contribution in [0, 0.1) is 0 Å². The number of carboxylic acid groups (broad SMARTS) is 1. The number of fused-ring (bicyclic) bond motifs is 3. The number of ether oxygens (including phenoxy) is 2. The molecule has 2 aromatic rings. The SMILES string of the molecule is COCC(C)(NC(=O)OCC1c2ccccc2-c2ccccc21)C(=O)NC(C)(C)CC(=O)O. The molecular formula is C25H30N2O6. The lowest BCUT2D eigenvalue weighted by molar-refractivity contribution is -0.139. The van der Waals surface area contributed by atoms with E-state index in [1.54, 1.807) is 13.8 Å². The lowest BCUT2D eigenvalue weighted by atomic mass is 9.96. The number of carbonyl (C=O) groups excluding carboxylic acids is 2. The maximum absolute atomic E-state index is 12.9. The molecule has 3 N–H and O–H groups in total. The minimum Gasteiger partial charge on any atom is -0.481 e. The zero-order chi connectivity index (χ0) is 24.2. The number of alkyl carbamates (subject to hydrolysis) is 1. The normalized spacial score (nSPS) is 14.5. The van der Waals surface area contributed by atoms with Crippen molar-refractivity contribution in [1.82, 2.24) is 10.6 Å². The summed E-state index contributed by atoms with van der Waals surface area (Å²) in [6.45, 7) is 4.68. The molecule has 0 saturated carbocycles. The zero-order valence-electron chi connectivity index (χ0n) is 19.3. The number of amides is 2. The van der Waals surface area contributed by atoms with Crippen molar-refractivity contribution in [3.8, 4) is 11.1 Å². The average molecular weight is 455 g/mol. The third-order valence-corrected chi connectivity index (χ3v) is 5.70. The highest BCUT2D eigenvalue weighted by atomic mass is 16.5. The Balaban J connectivity index is 1.69. The molecule has 1 atom stereocenters. The Morgan fingerprint density at radius 1 is 0.939 bits per heavy atom.